The number of fused-ring (bicyclic) bond motifs is 1. The number of amides is 2. The fourth-order valence-corrected chi connectivity index (χ4v) is 4.08. The smallest absolute Gasteiger partial charge is 0.410 e. The molecule has 2 aromatic rings. The van der Waals surface area contributed by atoms with Crippen LogP contribution in [-0.2, 0) is 23.4 Å². The number of rotatable bonds is 3. The quantitative estimate of drug-likeness (QED) is 0.774. The van der Waals surface area contributed by atoms with E-state index in [1.165, 1.54) is 11.1 Å². The van der Waals surface area contributed by atoms with Gasteiger partial charge in [0.25, 0.3) is 5.91 Å². The van der Waals surface area contributed by atoms with E-state index in [1.807, 2.05) is 37.4 Å². The molecule has 0 atom stereocenters. The number of carbonyl (C=O) groups is 2. The molecule has 0 N–H and O–H groups in total. The van der Waals surface area contributed by atoms with Crippen LogP contribution in [0.25, 0.3) is 0 Å². The Balaban J connectivity index is 1.55. The van der Waals surface area contributed by atoms with E-state index in [-0.39, 0.29) is 17.5 Å². The van der Waals surface area contributed by atoms with Gasteiger partial charge >= 0.3 is 6.09 Å². The highest BCUT2D eigenvalue weighted by Gasteiger charge is 2.50. The molecule has 30 heavy (non-hydrogen) atoms. The average molecular weight is 411 g/mol. The highest BCUT2D eigenvalue weighted by atomic mass is 16.6. The minimum Gasteiger partial charge on any atom is -0.444 e. The third-order valence-corrected chi connectivity index (χ3v) is 6.01. The van der Waals surface area contributed by atoms with E-state index in [1.54, 1.807) is 11.1 Å². The number of benzene rings is 1. The molecular formula is C23H30N4O3. The minimum absolute atomic E-state index is 0.0552. The molecule has 2 amide bonds. The third kappa shape index (κ3) is 3.68. The predicted molar refractivity (Wildman–Crippen MR) is 113 cm³/mol. The summed E-state index contributed by atoms with van der Waals surface area (Å²) in [6.45, 7) is 9.00. The molecule has 1 aromatic heterocycles. The van der Waals surface area contributed by atoms with Gasteiger partial charge in [-0.25, -0.2) is 4.79 Å². The molecule has 7 nitrogen and oxygen atoms in total. The van der Waals surface area contributed by atoms with Crippen LogP contribution in [-0.4, -0.2) is 50.8 Å². The molecule has 4 rings (SSSR count). The highest BCUT2D eigenvalue weighted by Crippen LogP contribution is 2.50. The number of hydrogen-bond donors (Lipinski definition) is 0. The maximum absolute atomic E-state index is 13.4. The first-order valence-corrected chi connectivity index (χ1v) is 10.5. The molecule has 1 aromatic carbocycles. The van der Waals surface area contributed by atoms with Crippen LogP contribution in [0.5, 0.6) is 0 Å². The zero-order valence-electron chi connectivity index (χ0n) is 18.4. The Morgan fingerprint density at radius 1 is 1.13 bits per heavy atom. The van der Waals surface area contributed by atoms with Crippen molar-refractivity contribution in [2.75, 3.05) is 13.6 Å². The van der Waals surface area contributed by atoms with E-state index in [0.717, 1.165) is 18.5 Å². The normalized spacial score (nSPS) is 17.3. The van der Waals surface area contributed by atoms with E-state index < -0.39 is 5.60 Å². The molecule has 1 aliphatic carbocycles. The fraction of sp³-hybridized carbons (Fsp3) is 0.522. The van der Waals surface area contributed by atoms with Crippen LogP contribution < -0.4 is 0 Å². The van der Waals surface area contributed by atoms with E-state index in [0.29, 0.717) is 25.2 Å². The van der Waals surface area contributed by atoms with Gasteiger partial charge in [-0.3, -0.25) is 9.48 Å². The van der Waals surface area contributed by atoms with Gasteiger partial charge in [-0.1, -0.05) is 29.8 Å². The van der Waals surface area contributed by atoms with Crippen molar-refractivity contribution in [1.29, 1.82) is 0 Å². The van der Waals surface area contributed by atoms with Gasteiger partial charge in [-0.2, -0.15) is 5.10 Å². The van der Waals surface area contributed by atoms with Gasteiger partial charge in [-0.05, 0) is 46.1 Å². The Kier molecular flexibility index (Phi) is 4.87. The van der Waals surface area contributed by atoms with E-state index in [2.05, 4.69) is 36.3 Å². The standard InChI is InChI=1S/C23H30N4O3/c1-16-6-8-17(9-7-16)23(10-11-23)25(5)20(28)18-14-24-27-13-12-26(15-19(18)27)21(29)30-22(2,3)4/h6-9,14H,10-13,15H2,1-5H3. The first-order chi connectivity index (χ1) is 14.1. The summed E-state index contributed by atoms with van der Waals surface area (Å²) >= 11 is 0. The Labute approximate surface area is 177 Å². The molecule has 0 unspecified atom stereocenters. The van der Waals surface area contributed by atoms with Crippen LogP contribution in [0.15, 0.2) is 30.5 Å². The molecule has 160 valence electrons. The van der Waals surface area contributed by atoms with Crippen LogP contribution in [0.4, 0.5) is 4.79 Å². The molecular weight excluding hydrogens is 380 g/mol. The fourth-order valence-electron chi connectivity index (χ4n) is 4.08. The number of aromatic nitrogens is 2. The van der Waals surface area contributed by atoms with Crippen molar-refractivity contribution in [3.05, 3.63) is 52.8 Å². The van der Waals surface area contributed by atoms with Crippen LogP contribution >= 0.6 is 0 Å². The second kappa shape index (κ2) is 7.15. The van der Waals surface area contributed by atoms with Crippen molar-refractivity contribution < 1.29 is 14.3 Å². The number of carbonyl (C=O) groups excluding carboxylic acids is 2. The number of aryl methyl sites for hydroxylation is 1. The summed E-state index contributed by atoms with van der Waals surface area (Å²) in [6, 6.07) is 8.41. The van der Waals surface area contributed by atoms with Crippen LogP contribution in [0.3, 0.4) is 0 Å². The lowest BCUT2D eigenvalue weighted by atomic mass is 10.0. The summed E-state index contributed by atoms with van der Waals surface area (Å²) in [7, 11) is 1.87. The number of nitrogens with zero attached hydrogens (tertiary/aromatic N) is 4. The molecule has 1 saturated carbocycles. The Hall–Kier alpha value is -2.83. The predicted octanol–water partition coefficient (Wildman–Crippen LogP) is 3.70. The van der Waals surface area contributed by atoms with Gasteiger partial charge in [0.1, 0.15) is 5.60 Å². The van der Waals surface area contributed by atoms with E-state index in [9.17, 15) is 9.59 Å². The second-order valence-corrected chi connectivity index (χ2v) is 9.39. The van der Waals surface area contributed by atoms with Gasteiger partial charge in [0, 0.05) is 13.6 Å². The van der Waals surface area contributed by atoms with Gasteiger partial charge in [-0.15, -0.1) is 0 Å². The molecule has 0 spiro atoms. The zero-order chi connectivity index (χ0) is 21.7. The first kappa shape index (κ1) is 20.4. The molecule has 0 saturated heterocycles. The molecule has 7 heteroatoms. The van der Waals surface area contributed by atoms with Crippen LogP contribution in [0, 0.1) is 6.92 Å². The van der Waals surface area contributed by atoms with Crippen molar-refractivity contribution in [3.8, 4) is 0 Å². The van der Waals surface area contributed by atoms with Crippen LogP contribution in [0.2, 0.25) is 0 Å². The molecule has 2 heterocycles. The van der Waals surface area contributed by atoms with Crippen LogP contribution in [0.1, 0.15) is 60.8 Å². The molecule has 0 bridgehead atoms. The summed E-state index contributed by atoms with van der Waals surface area (Å²) in [5.41, 5.74) is 2.89. The van der Waals surface area contributed by atoms with E-state index in [4.69, 9.17) is 4.74 Å². The average Bonchev–Trinajstić information content (AvgIpc) is 3.39. The summed E-state index contributed by atoms with van der Waals surface area (Å²) < 4.78 is 7.34. The molecule has 1 fully saturated rings. The van der Waals surface area contributed by atoms with Gasteiger partial charge in [0.15, 0.2) is 0 Å². The first-order valence-electron chi connectivity index (χ1n) is 10.5. The highest BCUT2D eigenvalue weighted by molar-refractivity contribution is 5.96. The van der Waals surface area contributed by atoms with Crippen molar-refractivity contribution in [2.24, 2.45) is 0 Å². The summed E-state index contributed by atoms with van der Waals surface area (Å²) in [5, 5.41) is 4.41. The van der Waals surface area contributed by atoms with Crippen molar-refractivity contribution >= 4 is 12.0 Å². The second-order valence-electron chi connectivity index (χ2n) is 9.39. The summed E-state index contributed by atoms with van der Waals surface area (Å²) in [5.74, 6) is -0.0552. The van der Waals surface area contributed by atoms with Crippen molar-refractivity contribution in [1.82, 2.24) is 19.6 Å². The molecule has 0 radical (unpaired) electrons. The van der Waals surface area contributed by atoms with Gasteiger partial charge in [0.2, 0.25) is 0 Å². The van der Waals surface area contributed by atoms with Crippen molar-refractivity contribution in [3.63, 3.8) is 0 Å². The topological polar surface area (TPSA) is 67.7 Å². The Bertz CT molecular complexity index is 967. The van der Waals surface area contributed by atoms with Gasteiger partial charge in [0.05, 0.1) is 36.1 Å². The lowest BCUT2D eigenvalue weighted by molar-refractivity contribution is 0.0192. The van der Waals surface area contributed by atoms with Gasteiger partial charge < -0.3 is 14.5 Å². The number of hydrogen-bond acceptors (Lipinski definition) is 4. The number of ether oxygens (including phenoxy) is 1. The maximum Gasteiger partial charge on any atom is 0.410 e. The summed E-state index contributed by atoms with van der Waals surface area (Å²) in [4.78, 5) is 29.5. The van der Waals surface area contributed by atoms with E-state index >= 15 is 0 Å². The third-order valence-electron chi connectivity index (χ3n) is 6.01. The molecule has 1 aliphatic heterocycles. The lowest BCUT2D eigenvalue weighted by Gasteiger charge is -2.32. The monoisotopic (exact) mass is 410 g/mol. The summed E-state index contributed by atoms with van der Waals surface area (Å²) in [6.07, 6.45) is 3.18. The lowest BCUT2D eigenvalue weighted by Crippen LogP contribution is -2.43. The Morgan fingerprint density at radius 3 is 2.40 bits per heavy atom. The zero-order valence-corrected chi connectivity index (χ0v) is 18.4. The molecule has 2 aliphatic rings. The minimum atomic E-state index is -0.556. The largest absolute Gasteiger partial charge is 0.444 e. The Morgan fingerprint density at radius 2 is 1.80 bits per heavy atom. The maximum atomic E-state index is 13.4. The SMILES string of the molecule is Cc1ccc(C2(N(C)C(=O)c3cnn4c3CN(C(=O)OC(C)(C)C)CC4)CC2)cc1. The van der Waals surface area contributed by atoms with Crippen molar-refractivity contribution in [2.45, 2.75) is 64.8 Å².